The van der Waals surface area contributed by atoms with E-state index in [2.05, 4.69) is 65.4 Å². The molecule has 0 aromatic heterocycles. The van der Waals surface area contributed by atoms with Gasteiger partial charge in [-0.2, -0.15) is 0 Å². The number of hydrogen-bond donors (Lipinski definition) is 2. The molecular weight excluding hydrogens is 316 g/mol. The maximum atomic E-state index is 9.59. The van der Waals surface area contributed by atoms with Crippen LogP contribution in [0.25, 0.3) is 32.3 Å². The molecule has 25 heavy (non-hydrogen) atoms. The van der Waals surface area contributed by atoms with Crippen molar-refractivity contribution >= 4 is 38.3 Å². The normalized spacial score (nSPS) is 10.1. The van der Waals surface area contributed by atoms with Crippen LogP contribution < -0.4 is 0 Å². The Morgan fingerprint density at radius 2 is 1.04 bits per heavy atom. The molecule has 0 spiro atoms. The van der Waals surface area contributed by atoms with E-state index in [-0.39, 0.29) is 19.2 Å². The molecule has 0 amide bonds. The summed E-state index contributed by atoms with van der Waals surface area (Å²) in [5.74, 6) is -0.245. The van der Waals surface area contributed by atoms with Crippen molar-refractivity contribution in [1.29, 1.82) is 0 Å². The van der Waals surface area contributed by atoms with E-state index in [4.69, 9.17) is 10.2 Å². The third kappa shape index (κ3) is 4.44. The molecule has 0 fully saturated rings. The standard InChI is InChI=1S/C16H10.C3H6O2.C2H6O2/c1-3-11-7-9-13-5-2-6-14-10-8-12(4-1)15(11)16(13)14;1-3(4)5-2;3-1-2-4/h1-10H;1-2H3;3-4H,1-2H2. The van der Waals surface area contributed by atoms with E-state index in [0.29, 0.717) is 0 Å². The van der Waals surface area contributed by atoms with Gasteiger partial charge in [0.25, 0.3) is 0 Å². The zero-order valence-corrected chi connectivity index (χ0v) is 14.4. The number of carbonyl (C=O) groups is 1. The van der Waals surface area contributed by atoms with Gasteiger partial charge in [-0.3, -0.25) is 4.79 Å². The maximum absolute atomic E-state index is 9.59. The third-order valence-electron chi connectivity index (χ3n) is 3.78. The number of methoxy groups -OCH3 is 1. The average Bonchev–Trinajstić information content (AvgIpc) is 2.67. The van der Waals surface area contributed by atoms with Gasteiger partial charge >= 0.3 is 5.97 Å². The molecule has 0 bridgehead atoms. The van der Waals surface area contributed by atoms with E-state index in [1.54, 1.807) is 0 Å². The summed E-state index contributed by atoms with van der Waals surface area (Å²) < 4.78 is 4.11. The zero-order valence-electron chi connectivity index (χ0n) is 14.4. The molecule has 4 heteroatoms. The van der Waals surface area contributed by atoms with Crippen molar-refractivity contribution in [3.05, 3.63) is 60.7 Å². The summed E-state index contributed by atoms with van der Waals surface area (Å²) in [6, 6.07) is 21.9. The number of carbonyl (C=O) groups excluding carboxylic acids is 1. The SMILES string of the molecule is COC(C)=O.OCCO.c1cc2ccc3cccc4ccc(c1)c2c34. The van der Waals surface area contributed by atoms with Crippen molar-refractivity contribution in [3.63, 3.8) is 0 Å². The zero-order chi connectivity index (χ0) is 18.2. The smallest absolute Gasteiger partial charge is 0.302 e. The van der Waals surface area contributed by atoms with E-state index < -0.39 is 0 Å². The summed E-state index contributed by atoms with van der Waals surface area (Å²) >= 11 is 0. The van der Waals surface area contributed by atoms with Gasteiger partial charge in [-0.25, -0.2) is 0 Å². The van der Waals surface area contributed by atoms with Gasteiger partial charge in [-0.05, 0) is 32.3 Å². The fourth-order valence-electron chi connectivity index (χ4n) is 2.67. The van der Waals surface area contributed by atoms with Crippen LogP contribution in [0.1, 0.15) is 6.92 Å². The highest BCUT2D eigenvalue weighted by Crippen LogP contribution is 2.33. The number of aliphatic hydroxyl groups excluding tert-OH is 2. The molecule has 0 aliphatic rings. The van der Waals surface area contributed by atoms with Crippen LogP contribution in [0.4, 0.5) is 0 Å². The second-order valence-electron chi connectivity index (χ2n) is 5.43. The van der Waals surface area contributed by atoms with Gasteiger partial charge in [-0.1, -0.05) is 60.7 Å². The number of rotatable bonds is 1. The molecule has 0 saturated carbocycles. The first-order chi connectivity index (χ1) is 12.1. The molecule has 0 saturated heterocycles. The Morgan fingerprint density at radius 1 is 0.760 bits per heavy atom. The minimum absolute atomic E-state index is 0.125. The van der Waals surface area contributed by atoms with Crippen molar-refractivity contribution in [2.24, 2.45) is 0 Å². The largest absolute Gasteiger partial charge is 0.469 e. The van der Waals surface area contributed by atoms with Crippen LogP contribution in [0.2, 0.25) is 0 Å². The molecule has 2 N–H and O–H groups in total. The lowest BCUT2D eigenvalue weighted by Crippen LogP contribution is -1.88. The Morgan fingerprint density at radius 3 is 1.24 bits per heavy atom. The second kappa shape index (κ2) is 8.97. The topological polar surface area (TPSA) is 66.8 Å². The maximum Gasteiger partial charge on any atom is 0.302 e. The van der Waals surface area contributed by atoms with Crippen LogP contribution in [0, 0.1) is 0 Å². The van der Waals surface area contributed by atoms with Gasteiger partial charge < -0.3 is 14.9 Å². The predicted octanol–water partition coefficient (Wildman–Crippen LogP) is 3.73. The Bertz CT molecular complexity index is 814. The average molecular weight is 338 g/mol. The molecule has 0 atom stereocenters. The molecule has 4 rings (SSSR count). The Balaban J connectivity index is 0.000000213. The molecule has 0 radical (unpaired) electrons. The molecule has 130 valence electrons. The number of esters is 1. The Labute approximate surface area is 146 Å². The highest BCUT2D eigenvalue weighted by atomic mass is 16.5. The van der Waals surface area contributed by atoms with Gasteiger partial charge in [0.15, 0.2) is 0 Å². The van der Waals surface area contributed by atoms with Gasteiger partial charge in [-0.15, -0.1) is 0 Å². The van der Waals surface area contributed by atoms with E-state index in [1.807, 2.05) is 0 Å². The van der Waals surface area contributed by atoms with Crippen molar-refractivity contribution < 1.29 is 19.7 Å². The minimum Gasteiger partial charge on any atom is -0.469 e. The lowest BCUT2D eigenvalue weighted by molar-refractivity contribution is -0.137. The van der Waals surface area contributed by atoms with Gasteiger partial charge in [0.05, 0.1) is 20.3 Å². The van der Waals surface area contributed by atoms with Crippen LogP contribution in [0.15, 0.2) is 60.7 Å². The fraction of sp³-hybridized carbons (Fsp3) is 0.190. The van der Waals surface area contributed by atoms with Crippen LogP contribution in [0.3, 0.4) is 0 Å². The van der Waals surface area contributed by atoms with Crippen molar-refractivity contribution in [1.82, 2.24) is 0 Å². The summed E-state index contributed by atoms with van der Waals surface area (Å²) in [7, 11) is 1.35. The van der Waals surface area contributed by atoms with Crippen LogP contribution >= 0.6 is 0 Å². The van der Waals surface area contributed by atoms with Crippen molar-refractivity contribution in [2.45, 2.75) is 6.92 Å². The predicted molar refractivity (Wildman–Crippen MR) is 102 cm³/mol. The first-order valence-electron chi connectivity index (χ1n) is 8.01. The molecule has 0 heterocycles. The number of ether oxygens (including phenoxy) is 1. The van der Waals surface area contributed by atoms with Gasteiger partial charge in [0.1, 0.15) is 0 Å². The van der Waals surface area contributed by atoms with Crippen molar-refractivity contribution in [3.8, 4) is 0 Å². The first-order valence-corrected chi connectivity index (χ1v) is 8.01. The van der Waals surface area contributed by atoms with Crippen LogP contribution in [-0.4, -0.2) is 36.5 Å². The second-order valence-corrected chi connectivity index (χ2v) is 5.43. The van der Waals surface area contributed by atoms with E-state index in [1.165, 1.54) is 46.4 Å². The summed E-state index contributed by atoms with van der Waals surface area (Å²) in [5, 5.41) is 23.4. The van der Waals surface area contributed by atoms with E-state index in [0.717, 1.165) is 0 Å². The fourth-order valence-corrected chi connectivity index (χ4v) is 2.67. The van der Waals surface area contributed by atoms with Crippen LogP contribution in [0.5, 0.6) is 0 Å². The van der Waals surface area contributed by atoms with E-state index >= 15 is 0 Å². The molecular formula is C21H22O4. The number of hydrogen-bond acceptors (Lipinski definition) is 4. The van der Waals surface area contributed by atoms with Crippen LogP contribution in [-0.2, 0) is 9.53 Å². The third-order valence-corrected chi connectivity index (χ3v) is 3.78. The van der Waals surface area contributed by atoms with Crippen molar-refractivity contribution in [2.75, 3.05) is 20.3 Å². The highest BCUT2D eigenvalue weighted by molar-refractivity contribution is 6.22. The molecule has 4 aromatic carbocycles. The number of benzene rings is 4. The summed E-state index contributed by atoms with van der Waals surface area (Å²) in [6.45, 7) is 1.11. The lowest BCUT2D eigenvalue weighted by Gasteiger charge is -2.09. The Hall–Kier alpha value is -2.69. The highest BCUT2D eigenvalue weighted by Gasteiger charge is 2.05. The number of aliphatic hydroxyl groups is 2. The summed E-state index contributed by atoms with van der Waals surface area (Å²) in [5.41, 5.74) is 0. The Kier molecular flexibility index (Phi) is 6.69. The molecule has 0 unspecified atom stereocenters. The molecule has 4 aromatic rings. The monoisotopic (exact) mass is 338 g/mol. The van der Waals surface area contributed by atoms with E-state index in [9.17, 15) is 4.79 Å². The molecule has 4 nitrogen and oxygen atoms in total. The summed E-state index contributed by atoms with van der Waals surface area (Å²) in [4.78, 5) is 9.59. The molecule has 0 aliphatic heterocycles. The lowest BCUT2D eigenvalue weighted by atomic mass is 9.95. The first kappa shape index (κ1) is 18.6. The van der Waals surface area contributed by atoms with Gasteiger partial charge in [0.2, 0.25) is 0 Å². The van der Waals surface area contributed by atoms with Gasteiger partial charge in [0, 0.05) is 6.92 Å². The quantitative estimate of drug-likeness (QED) is 0.410. The minimum atomic E-state index is -0.245. The summed E-state index contributed by atoms with van der Waals surface area (Å²) in [6.07, 6.45) is 0. The molecule has 0 aliphatic carbocycles.